The van der Waals surface area contributed by atoms with Crippen LogP contribution in [0.4, 0.5) is 10.5 Å². The van der Waals surface area contributed by atoms with Gasteiger partial charge in [0.15, 0.2) is 6.10 Å². The lowest BCUT2D eigenvalue weighted by atomic mass is 9.93. The molecule has 3 aromatic carbocycles. The quantitative estimate of drug-likeness (QED) is 0.518. The maximum atomic E-state index is 13.2. The highest BCUT2D eigenvalue weighted by atomic mass is 16.6. The summed E-state index contributed by atoms with van der Waals surface area (Å²) >= 11 is 0. The van der Waals surface area contributed by atoms with E-state index in [0.29, 0.717) is 6.61 Å². The third-order valence-corrected chi connectivity index (χ3v) is 6.03. The summed E-state index contributed by atoms with van der Waals surface area (Å²) in [5, 5.41) is 3.04. The van der Waals surface area contributed by atoms with Crippen LogP contribution < -0.4 is 10.1 Å². The van der Waals surface area contributed by atoms with Gasteiger partial charge in [0.05, 0.1) is 5.69 Å². The number of carbonyl (C=O) groups is 1. The minimum absolute atomic E-state index is 0.452. The van der Waals surface area contributed by atoms with Crippen molar-refractivity contribution in [1.82, 2.24) is 0 Å². The van der Waals surface area contributed by atoms with Crippen LogP contribution in [-0.4, -0.2) is 6.09 Å². The normalized spacial score (nSPS) is 14.6. The highest BCUT2D eigenvalue weighted by molar-refractivity contribution is 5.87. The SMILES string of the molecule is CCc1cccc(CC)c1NC(=O)OC1c2ccccc2COc2c(C)ccc(C)c21. The third-order valence-electron chi connectivity index (χ3n) is 6.03. The molecule has 1 N–H and O–H groups in total. The number of nitrogens with one attached hydrogen (secondary N) is 1. The molecule has 4 nitrogen and oxygen atoms in total. The van der Waals surface area contributed by atoms with Gasteiger partial charge in [-0.3, -0.25) is 5.32 Å². The van der Waals surface area contributed by atoms with Crippen molar-refractivity contribution in [3.63, 3.8) is 0 Å². The standard InChI is InChI=1S/C27H29NO3/c1-5-19-11-9-12-20(6-2)24(19)28-27(29)31-26-22-13-8-7-10-21(22)16-30-25-18(4)15-14-17(3)23(25)26/h7-15,26H,5-6,16H2,1-4H3,(H,28,29). The average Bonchev–Trinajstić information content (AvgIpc) is 2.94. The summed E-state index contributed by atoms with van der Waals surface area (Å²) in [6, 6.07) is 18.2. The first-order valence-corrected chi connectivity index (χ1v) is 10.9. The number of hydrogen-bond donors (Lipinski definition) is 1. The number of para-hydroxylation sites is 1. The number of ether oxygens (including phenoxy) is 2. The minimum Gasteiger partial charge on any atom is -0.488 e. The zero-order valence-corrected chi connectivity index (χ0v) is 18.6. The number of aryl methyl sites for hydroxylation is 4. The highest BCUT2D eigenvalue weighted by Gasteiger charge is 2.30. The lowest BCUT2D eigenvalue weighted by Crippen LogP contribution is -2.21. The van der Waals surface area contributed by atoms with E-state index in [0.717, 1.165) is 63.2 Å². The molecule has 4 rings (SSSR count). The van der Waals surface area contributed by atoms with Crippen molar-refractivity contribution in [3.05, 3.63) is 93.5 Å². The van der Waals surface area contributed by atoms with Gasteiger partial charge < -0.3 is 9.47 Å². The number of fused-ring (bicyclic) bond motifs is 2. The van der Waals surface area contributed by atoms with E-state index in [1.807, 2.05) is 62.4 Å². The third kappa shape index (κ3) is 4.02. The van der Waals surface area contributed by atoms with Gasteiger partial charge in [-0.25, -0.2) is 4.79 Å². The molecule has 0 saturated heterocycles. The van der Waals surface area contributed by atoms with E-state index in [4.69, 9.17) is 9.47 Å². The van der Waals surface area contributed by atoms with Crippen molar-refractivity contribution in [1.29, 1.82) is 0 Å². The van der Waals surface area contributed by atoms with Gasteiger partial charge in [0.1, 0.15) is 12.4 Å². The molecular formula is C27H29NO3. The van der Waals surface area contributed by atoms with E-state index >= 15 is 0 Å². The number of anilines is 1. The average molecular weight is 416 g/mol. The predicted octanol–water partition coefficient (Wildman–Crippen LogP) is 6.66. The molecule has 1 aliphatic heterocycles. The first-order chi connectivity index (χ1) is 15.0. The Labute approximate surface area is 184 Å². The van der Waals surface area contributed by atoms with Crippen LogP contribution in [0.15, 0.2) is 54.6 Å². The highest BCUT2D eigenvalue weighted by Crippen LogP contribution is 2.42. The minimum atomic E-state index is -0.535. The van der Waals surface area contributed by atoms with Gasteiger partial charge in [-0.05, 0) is 54.5 Å². The molecule has 0 aromatic heterocycles. The zero-order valence-electron chi connectivity index (χ0n) is 18.6. The summed E-state index contributed by atoms with van der Waals surface area (Å²) in [4.78, 5) is 13.2. The Kier molecular flexibility index (Phi) is 5.99. The zero-order chi connectivity index (χ0) is 22.0. The van der Waals surface area contributed by atoms with Gasteiger partial charge in [0.25, 0.3) is 0 Å². The summed E-state index contributed by atoms with van der Waals surface area (Å²) in [5.41, 5.74) is 8.05. The number of carbonyl (C=O) groups excluding carboxylic acids is 1. The molecule has 1 aliphatic rings. The fraction of sp³-hybridized carbons (Fsp3) is 0.296. The second kappa shape index (κ2) is 8.84. The molecule has 3 aromatic rings. The van der Waals surface area contributed by atoms with E-state index in [1.165, 1.54) is 0 Å². The summed E-state index contributed by atoms with van der Waals surface area (Å²) < 4.78 is 12.3. The van der Waals surface area contributed by atoms with Crippen molar-refractivity contribution < 1.29 is 14.3 Å². The molecule has 4 heteroatoms. The Balaban J connectivity index is 1.74. The molecule has 1 heterocycles. The molecule has 1 atom stereocenters. The van der Waals surface area contributed by atoms with Gasteiger partial charge in [-0.15, -0.1) is 0 Å². The molecular weight excluding hydrogens is 386 g/mol. The molecule has 0 spiro atoms. The van der Waals surface area contributed by atoms with Crippen LogP contribution in [-0.2, 0) is 24.2 Å². The lowest BCUT2D eigenvalue weighted by Gasteiger charge is -2.23. The van der Waals surface area contributed by atoms with Crippen molar-refractivity contribution in [3.8, 4) is 5.75 Å². The van der Waals surface area contributed by atoms with E-state index in [9.17, 15) is 4.79 Å². The fourth-order valence-corrected chi connectivity index (χ4v) is 4.32. The molecule has 1 amide bonds. The Morgan fingerprint density at radius 3 is 2.35 bits per heavy atom. The van der Waals surface area contributed by atoms with Crippen molar-refractivity contribution >= 4 is 11.8 Å². The van der Waals surface area contributed by atoms with Crippen LogP contribution in [0.2, 0.25) is 0 Å². The van der Waals surface area contributed by atoms with Crippen LogP contribution in [0.3, 0.4) is 0 Å². The number of rotatable bonds is 4. The summed E-state index contributed by atoms with van der Waals surface area (Å²) in [6.45, 7) is 8.69. The first-order valence-electron chi connectivity index (χ1n) is 10.9. The van der Waals surface area contributed by atoms with Crippen molar-refractivity contribution in [2.45, 2.75) is 53.2 Å². The molecule has 0 aliphatic carbocycles. The van der Waals surface area contributed by atoms with Gasteiger partial charge in [-0.1, -0.05) is 68.4 Å². The predicted molar refractivity (Wildman–Crippen MR) is 124 cm³/mol. The van der Waals surface area contributed by atoms with E-state index in [1.54, 1.807) is 0 Å². The Morgan fingerprint density at radius 2 is 1.65 bits per heavy atom. The largest absolute Gasteiger partial charge is 0.488 e. The smallest absolute Gasteiger partial charge is 0.412 e. The van der Waals surface area contributed by atoms with Gasteiger partial charge in [-0.2, -0.15) is 0 Å². The molecule has 0 radical (unpaired) electrons. The van der Waals surface area contributed by atoms with Gasteiger partial charge in [0, 0.05) is 11.1 Å². The Bertz CT molecular complexity index is 1100. The van der Waals surface area contributed by atoms with E-state index < -0.39 is 12.2 Å². The second-order valence-electron chi connectivity index (χ2n) is 8.00. The van der Waals surface area contributed by atoms with E-state index in [2.05, 4.69) is 25.2 Å². The summed E-state index contributed by atoms with van der Waals surface area (Å²) in [7, 11) is 0. The Hall–Kier alpha value is -3.27. The maximum absolute atomic E-state index is 13.2. The lowest BCUT2D eigenvalue weighted by molar-refractivity contribution is 0.130. The number of benzene rings is 3. The molecule has 31 heavy (non-hydrogen) atoms. The van der Waals surface area contributed by atoms with Crippen LogP contribution in [0.5, 0.6) is 5.75 Å². The second-order valence-corrected chi connectivity index (χ2v) is 8.00. The summed E-state index contributed by atoms with van der Waals surface area (Å²) in [6.07, 6.45) is 0.687. The summed E-state index contributed by atoms with van der Waals surface area (Å²) in [5.74, 6) is 0.803. The van der Waals surface area contributed by atoms with Crippen molar-refractivity contribution in [2.75, 3.05) is 5.32 Å². The van der Waals surface area contributed by atoms with Crippen LogP contribution >= 0.6 is 0 Å². The molecule has 0 fully saturated rings. The van der Waals surface area contributed by atoms with Crippen LogP contribution in [0.1, 0.15) is 58.9 Å². The molecule has 1 unspecified atom stereocenters. The Morgan fingerprint density at radius 1 is 0.968 bits per heavy atom. The monoisotopic (exact) mass is 415 g/mol. The maximum Gasteiger partial charge on any atom is 0.412 e. The molecule has 0 bridgehead atoms. The van der Waals surface area contributed by atoms with Gasteiger partial charge >= 0.3 is 6.09 Å². The molecule has 0 saturated carbocycles. The fourth-order valence-electron chi connectivity index (χ4n) is 4.32. The number of hydrogen-bond acceptors (Lipinski definition) is 3. The first kappa shape index (κ1) is 21.0. The van der Waals surface area contributed by atoms with Crippen LogP contribution in [0, 0.1) is 13.8 Å². The number of amides is 1. The van der Waals surface area contributed by atoms with Crippen molar-refractivity contribution in [2.24, 2.45) is 0 Å². The van der Waals surface area contributed by atoms with E-state index in [-0.39, 0.29) is 0 Å². The van der Waals surface area contributed by atoms with Crippen LogP contribution in [0.25, 0.3) is 0 Å². The molecule has 160 valence electrons. The topological polar surface area (TPSA) is 47.6 Å². The van der Waals surface area contributed by atoms with Gasteiger partial charge in [0.2, 0.25) is 0 Å².